The predicted molar refractivity (Wildman–Crippen MR) is 90.9 cm³/mol. The first kappa shape index (κ1) is 15.2. The molecule has 0 radical (unpaired) electrons. The maximum atomic E-state index is 12.8. The van der Waals surface area contributed by atoms with E-state index in [4.69, 9.17) is 4.74 Å². The lowest BCUT2D eigenvalue weighted by atomic mass is 9.89. The SMILES string of the molecule is Cc1ccc2c(c1)C1CN(C)CCC1N2C(=O)COCC1CC1. The predicted octanol–water partition coefficient (Wildman–Crippen LogP) is 2.56. The van der Waals surface area contributed by atoms with Gasteiger partial charge < -0.3 is 14.5 Å². The van der Waals surface area contributed by atoms with E-state index in [9.17, 15) is 4.79 Å². The summed E-state index contributed by atoms with van der Waals surface area (Å²) < 4.78 is 5.67. The van der Waals surface area contributed by atoms with Crippen molar-refractivity contribution in [2.24, 2.45) is 5.92 Å². The van der Waals surface area contributed by atoms with Crippen LogP contribution in [0.4, 0.5) is 5.69 Å². The molecule has 0 spiro atoms. The fraction of sp³-hybridized carbons (Fsp3) is 0.632. The first-order chi connectivity index (χ1) is 11.1. The molecule has 1 aromatic carbocycles. The minimum absolute atomic E-state index is 0.132. The Labute approximate surface area is 138 Å². The number of hydrogen-bond acceptors (Lipinski definition) is 3. The number of amides is 1. The van der Waals surface area contributed by atoms with E-state index in [1.165, 1.54) is 24.0 Å². The fourth-order valence-corrected chi connectivity index (χ4v) is 4.07. The number of rotatable bonds is 4. The van der Waals surface area contributed by atoms with Crippen LogP contribution in [-0.4, -0.2) is 50.2 Å². The Balaban J connectivity index is 1.56. The largest absolute Gasteiger partial charge is 0.371 e. The molecule has 4 heteroatoms. The first-order valence-corrected chi connectivity index (χ1v) is 8.82. The lowest BCUT2D eigenvalue weighted by Crippen LogP contribution is -2.48. The number of anilines is 1. The lowest BCUT2D eigenvalue weighted by Gasteiger charge is -2.36. The van der Waals surface area contributed by atoms with Crippen LogP contribution in [0.1, 0.15) is 36.3 Å². The second-order valence-corrected chi connectivity index (χ2v) is 7.51. The number of hydrogen-bond donors (Lipinski definition) is 0. The van der Waals surface area contributed by atoms with Crippen molar-refractivity contribution >= 4 is 11.6 Å². The molecule has 3 aliphatic rings. The summed E-state index contributed by atoms with van der Waals surface area (Å²) >= 11 is 0. The minimum Gasteiger partial charge on any atom is -0.371 e. The second kappa shape index (κ2) is 5.91. The Kier molecular flexibility index (Phi) is 3.90. The van der Waals surface area contributed by atoms with E-state index >= 15 is 0 Å². The van der Waals surface area contributed by atoms with Gasteiger partial charge in [0.2, 0.25) is 0 Å². The summed E-state index contributed by atoms with van der Waals surface area (Å²) in [5.41, 5.74) is 3.73. The molecule has 1 amide bonds. The van der Waals surface area contributed by atoms with Crippen LogP contribution in [0.25, 0.3) is 0 Å². The third-order valence-electron chi connectivity index (χ3n) is 5.50. The highest BCUT2D eigenvalue weighted by Gasteiger charge is 2.43. The molecule has 4 nitrogen and oxygen atoms in total. The highest BCUT2D eigenvalue weighted by Crippen LogP contribution is 2.44. The Morgan fingerprint density at radius 1 is 1.30 bits per heavy atom. The number of carbonyl (C=O) groups is 1. The van der Waals surface area contributed by atoms with Gasteiger partial charge in [0.15, 0.2) is 0 Å². The Morgan fingerprint density at radius 3 is 2.91 bits per heavy atom. The summed E-state index contributed by atoms with van der Waals surface area (Å²) in [6, 6.07) is 6.82. The number of fused-ring (bicyclic) bond motifs is 3. The van der Waals surface area contributed by atoms with Gasteiger partial charge in [-0.2, -0.15) is 0 Å². The number of aryl methyl sites for hydroxylation is 1. The molecule has 124 valence electrons. The Hall–Kier alpha value is -1.39. The minimum atomic E-state index is 0.132. The molecule has 1 saturated carbocycles. The smallest absolute Gasteiger partial charge is 0.253 e. The Morgan fingerprint density at radius 2 is 2.13 bits per heavy atom. The first-order valence-electron chi connectivity index (χ1n) is 8.82. The molecule has 2 aliphatic heterocycles. The van der Waals surface area contributed by atoms with Crippen LogP contribution >= 0.6 is 0 Å². The van der Waals surface area contributed by atoms with Gasteiger partial charge in [-0.05, 0) is 57.3 Å². The molecule has 1 aromatic rings. The molecular weight excluding hydrogens is 288 g/mol. The van der Waals surface area contributed by atoms with Crippen LogP contribution < -0.4 is 4.90 Å². The lowest BCUT2D eigenvalue weighted by molar-refractivity contribution is -0.123. The molecular formula is C19H26N2O2. The monoisotopic (exact) mass is 314 g/mol. The molecule has 2 atom stereocenters. The summed E-state index contributed by atoms with van der Waals surface area (Å²) in [5.74, 6) is 1.27. The van der Waals surface area contributed by atoms with Crippen LogP contribution in [0, 0.1) is 12.8 Å². The molecule has 0 N–H and O–H groups in total. The summed E-state index contributed by atoms with van der Waals surface area (Å²) in [7, 11) is 2.18. The molecule has 0 aromatic heterocycles. The number of carbonyl (C=O) groups excluding carboxylic acids is 1. The van der Waals surface area contributed by atoms with E-state index in [0.29, 0.717) is 17.9 Å². The average Bonchev–Trinajstić information content (AvgIpc) is 3.29. The molecule has 1 aliphatic carbocycles. The van der Waals surface area contributed by atoms with Crippen molar-refractivity contribution in [1.29, 1.82) is 0 Å². The summed E-state index contributed by atoms with van der Waals surface area (Å²) in [6.07, 6.45) is 3.57. The van der Waals surface area contributed by atoms with E-state index in [1.54, 1.807) is 0 Å². The molecule has 23 heavy (non-hydrogen) atoms. The van der Waals surface area contributed by atoms with Crippen molar-refractivity contribution in [2.75, 3.05) is 38.3 Å². The van der Waals surface area contributed by atoms with Crippen LogP contribution in [0.15, 0.2) is 18.2 Å². The highest BCUT2D eigenvalue weighted by molar-refractivity contribution is 5.97. The van der Waals surface area contributed by atoms with E-state index < -0.39 is 0 Å². The van der Waals surface area contributed by atoms with Crippen molar-refractivity contribution in [3.8, 4) is 0 Å². The molecule has 2 unspecified atom stereocenters. The zero-order valence-corrected chi connectivity index (χ0v) is 14.1. The van der Waals surface area contributed by atoms with E-state index in [0.717, 1.165) is 31.8 Å². The van der Waals surface area contributed by atoms with Gasteiger partial charge in [-0.1, -0.05) is 17.7 Å². The number of ether oxygens (including phenoxy) is 1. The van der Waals surface area contributed by atoms with Crippen LogP contribution in [0.2, 0.25) is 0 Å². The van der Waals surface area contributed by atoms with Gasteiger partial charge in [-0.15, -0.1) is 0 Å². The van der Waals surface area contributed by atoms with Gasteiger partial charge in [0.1, 0.15) is 6.61 Å². The molecule has 2 heterocycles. The van der Waals surface area contributed by atoms with Crippen molar-refractivity contribution in [3.63, 3.8) is 0 Å². The standard InChI is InChI=1S/C19H26N2O2/c1-13-3-6-17-15(9-13)16-10-20(2)8-7-18(16)21(17)19(22)12-23-11-14-4-5-14/h3,6,9,14,16,18H,4-5,7-8,10-12H2,1-2H3. The quantitative estimate of drug-likeness (QED) is 0.856. The summed E-state index contributed by atoms with van der Waals surface area (Å²) in [6.45, 7) is 5.19. The van der Waals surface area contributed by atoms with Gasteiger partial charge in [0, 0.05) is 24.2 Å². The van der Waals surface area contributed by atoms with Crippen molar-refractivity contribution in [1.82, 2.24) is 4.90 Å². The number of likely N-dealkylation sites (tertiary alicyclic amines) is 1. The van der Waals surface area contributed by atoms with Gasteiger partial charge in [0.05, 0.1) is 6.61 Å². The molecule has 4 rings (SSSR count). The third-order valence-corrected chi connectivity index (χ3v) is 5.50. The zero-order valence-electron chi connectivity index (χ0n) is 14.1. The normalized spacial score (nSPS) is 27.0. The van der Waals surface area contributed by atoms with E-state index in [1.807, 2.05) is 4.90 Å². The maximum Gasteiger partial charge on any atom is 0.253 e. The van der Waals surface area contributed by atoms with Gasteiger partial charge in [-0.3, -0.25) is 4.79 Å². The van der Waals surface area contributed by atoms with Crippen LogP contribution in [0.3, 0.4) is 0 Å². The number of piperidine rings is 1. The third kappa shape index (κ3) is 2.90. The van der Waals surface area contributed by atoms with E-state index in [-0.39, 0.29) is 12.5 Å². The number of benzene rings is 1. The van der Waals surface area contributed by atoms with E-state index in [2.05, 4.69) is 37.1 Å². The van der Waals surface area contributed by atoms with Gasteiger partial charge >= 0.3 is 0 Å². The average molecular weight is 314 g/mol. The maximum absolute atomic E-state index is 12.8. The van der Waals surface area contributed by atoms with Crippen molar-refractivity contribution in [2.45, 2.75) is 38.1 Å². The molecule has 1 saturated heterocycles. The van der Waals surface area contributed by atoms with Crippen molar-refractivity contribution < 1.29 is 9.53 Å². The number of nitrogens with zero attached hydrogens (tertiary/aromatic N) is 2. The topological polar surface area (TPSA) is 32.8 Å². The zero-order chi connectivity index (χ0) is 16.0. The molecule has 0 bridgehead atoms. The van der Waals surface area contributed by atoms with Crippen LogP contribution in [-0.2, 0) is 9.53 Å². The second-order valence-electron chi connectivity index (χ2n) is 7.51. The number of likely N-dealkylation sites (N-methyl/N-ethyl adjacent to an activating group) is 1. The van der Waals surface area contributed by atoms with Crippen LogP contribution in [0.5, 0.6) is 0 Å². The van der Waals surface area contributed by atoms with Gasteiger partial charge in [0.25, 0.3) is 5.91 Å². The fourth-order valence-electron chi connectivity index (χ4n) is 4.07. The molecule has 2 fully saturated rings. The highest BCUT2D eigenvalue weighted by atomic mass is 16.5. The summed E-state index contributed by atoms with van der Waals surface area (Å²) in [4.78, 5) is 17.2. The Bertz CT molecular complexity index is 611. The summed E-state index contributed by atoms with van der Waals surface area (Å²) in [5, 5.41) is 0. The van der Waals surface area contributed by atoms with Crippen molar-refractivity contribution in [3.05, 3.63) is 29.3 Å². The van der Waals surface area contributed by atoms with Gasteiger partial charge in [-0.25, -0.2) is 0 Å².